The molecule has 1 heterocycles. The van der Waals surface area contributed by atoms with Crippen molar-refractivity contribution in [1.29, 1.82) is 0 Å². The molecular formula is C16H10F3N3O2. The lowest BCUT2D eigenvalue weighted by atomic mass is 10.1. The topological polar surface area (TPSA) is 61.0 Å². The molecule has 0 aliphatic rings. The first-order valence-electron chi connectivity index (χ1n) is 6.83. The number of hydrogen-bond acceptors (Lipinski definition) is 3. The Balaban J connectivity index is 1.97. The third-order valence-electron chi connectivity index (χ3n) is 3.46. The van der Waals surface area contributed by atoms with Crippen LogP contribution in [0.4, 0.5) is 18.9 Å². The zero-order chi connectivity index (χ0) is 17.3. The van der Waals surface area contributed by atoms with Gasteiger partial charge in [-0.3, -0.25) is 10.1 Å². The molecule has 24 heavy (non-hydrogen) atoms. The number of alkyl halides is 3. The van der Waals surface area contributed by atoms with E-state index in [9.17, 15) is 23.3 Å². The number of non-ortho nitro benzene ring substituents is 1. The monoisotopic (exact) mass is 333 g/mol. The van der Waals surface area contributed by atoms with Crippen molar-refractivity contribution in [2.75, 3.05) is 0 Å². The molecule has 8 heteroatoms. The van der Waals surface area contributed by atoms with E-state index in [1.807, 2.05) is 0 Å². The summed E-state index contributed by atoms with van der Waals surface area (Å²) in [4.78, 5) is 10.2. The maximum Gasteiger partial charge on any atom is 0.416 e. The van der Waals surface area contributed by atoms with E-state index in [-0.39, 0.29) is 5.69 Å². The van der Waals surface area contributed by atoms with Crippen LogP contribution in [0.25, 0.3) is 16.9 Å². The molecule has 0 atom stereocenters. The van der Waals surface area contributed by atoms with Crippen LogP contribution in [0, 0.1) is 10.1 Å². The quantitative estimate of drug-likeness (QED) is 0.525. The van der Waals surface area contributed by atoms with Gasteiger partial charge in [0.2, 0.25) is 0 Å². The van der Waals surface area contributed by atoms with E-state index in [0.29, 0.717) is 16.9 Å². The van der Waals surface area contributed by atoms with Crippen LogP contribution in [-0.2, 0) is 6.18 Å². The van der Waals surface area contributed by atoms with Crippen molar-refractivity contribution in [1.82, 2.24) is 9.78 Å². The molecule has 0 unspecified atom stereocenters. The molecule has 0 saturated carbocycles. The van der Waals surface area contributed by atoms with Crippen molar-refractivity contribution >= 4 is 5.69 Å². The minimum atomic E-state index is -4.40. The number of nitro benzene ring substituents is 1. The molecule has 0 radical (unpaired) electrons. The van der Waals surface area contributed by atoms with Crippen LogP contribution in [0.2, 0.25) is 0 Å². The van der Waals surface area contributed by atoms with E-state index in [4.69, 9.17) is 0 Å². The van der Waals surface area contributed by atoms with Gasteiger partial charge in [-0.2, -0.15) is 18.3 Å². The van der Waals surface area contributed by atoms with Gasteiger partial charge in [0.25, 0.3) is 5.69 Å². The molecule has 3 aromatic rings. The van der Waals surface area contributed by atoms with E-state index in [1.54, 1.807) is 18.2 Å². The molecule has 1 aromatic heterocycles. The number of hydrogen-bond donors (Lipinski definition) is 0. The second-order valence-corrected chi connectivity index (χ2v) is 4.98. The number of halogens is 3. The average Bonchev–Trinajstić information content (AvgIpc) is 3.04. The Bertz CT molecular complexity index is 869. The number of nitro groups is 1. The minimum Gasteiger partial charge on any atom is -0.258 e. The smallest absolute Gasteiger partial charge is 0.258 e. The van der Waals surface area contributed by atoms with Crippen molar-refractivity contribution < 1.29 is 18.1 Å². The Morgan fingerprint density at radius 3 is 2.12 bits per heavy atom. The molecule has 0 fully saturated rings. The summed E-state index contributed by atoms with van der Waals surface area (Å²) in [5.74, 6) is 0. The first-order valence-corrected chi connectivity index (χ1v) is 6.83. The van der Waals surface area contributed by atoms with Crippen molar-refractivity contribution in [3.8, 4) is 16.9 Å². The first-order chi connectivity index (χ1) is 11.4. The highest BCUT2D eigenvalue weighted by molar-refractivity contribution is 5.63. The fourth-order valence-electron chi connectivity index (χ4n) is 2.27. The molecule has 0 amide bonds. The Hall–Kier alpha value is -3.16. The van der Waals surface area contributed by atoms with Gasteiger partial charge in [-0.15, -0.1) is 0 Å². The maximum atomic E-state index is 12.6. The van der Waals surface area contributed by atoms with Crippen molar-refractivity contribution in [3.63, 3.8) is 0 Å². The summed E-state index contributed by atoms with van der Waals surface area (Å²) in [7, 11) is 0. The average molecular weight is 333 g/mol. The van der Waals surface area contributed by atoms with Crippen LogP contribution >= 0.6 is 0 Å². The Morgan fingerprint density at radius 1 is 0.958 bits per heavy atom. The maximum absolute atomic E-state index is 12.6. The second-order valence-electron chi connectivity index (χ2n) is 4.98. The van der Waals surface area contributed by atoms with Gasteiger partial charge in [-0.1, -0.05) is 0 Å². The van der Waals surface area contributed by atoms with Crippen LogP contribution in [0.5, 0.6) is 0 Å². The summed E-state index contributed by atoms with van der Waals surface area (Å²) < 4.78 is 39.4. The molecule has 5 nitrogen and oxygen atoms in total. The summed E-state index contributed by atoms with van der Waals surface area (Å²) in [5.41, 5.74) is 0.957. The highest BCUT2D eigenvalue weighted by Gasteiger charge is 2.30. The van der Waals surface area contributed by atoms with Crippen LogP contribution < -0.4 is 0 Å². The van der Waals surface area contributed by atoms with E-state index in [2.05, 4.69) is 5.10 Å². The number of aromatic nitrogens is 2. The number of nitrogens with zero attached hydrogens (tertiary/aromatic N) is 3. The fraction of sp³-hybridized carbons (Fsp3) is 0.0625. The third-order valence-corrected chi connectivity index (χ3v) is 3.46. The van der Waals surface area contributed by atoms with Crippen molar-refractivity contribution in [2.24, 2.45) is 0 Å². The highest BCUT2D eigenvalue weighted by atomic mass is 19.4. The molecule has 0 N–H and O–H groups in total. The minimum absolute atomic E-state index is 0.0423. The molecular weight excluding hydrogens is 323 g/mol. The van der Waals surface area contributed by atoms with Gasteiger partial charge in [0.05, 0.1) is 28.1 Å². The molecule has 0 spiro atoms. The SMILES string of the molecule is O=[N+]([O-])c1ccc(-c2ccnn2-c2ccc(C(F)(F)F)cc2)cc1. The highest BCUT2D eigenvalue weighted by Crippen LogP contribution is 2.30. The van der Waals surface area contributed by atoms with Crippen LogP contribution in [0.1, 0.15) is 5.56 Å². The first kappa shape index (κ1) is 15.7. The Morgan fingerprint density at radius 2 is 1.58 bits per heavy atom. The molecule has 3 rings (SSSR count). The van der Waals surface area contributed by atoms with Gasteiger partial charge >= 0.3 is 6.18 Å². The molecule has 0 saturated heterocycles. The van der Waals surface area contributed by atoms with E-state index < -0.39 is 16.7 Å². The second kappa shape index (κ2) is 5.80. The summed E-state index contributed by atoms with van der Waals surface area (Å²) in [6.45, 7) is 0. The Labute approximate surface area is 134 Å². The summed E-state index contributed by atoms with van der Waals surface area (Å²) in [6, 6.07) is 12.1. The standard InChI is InChI=1S/C16H10F3N3O2/c17-16(18,19)12-3-7-13(8-4-12)21-15(9-10-20-21)11-1-5-14(6-2-11)22(23)24/h1-10H. The van der Waals surface area contributed by atoms with Crippen LogP contribution in [0.3, 0.4) is 0 Å². The largest absolute Gasteiger partial charge is 0.416 e. The van der Waals surface area contributed by atoms with Gasteiger partial charge < -0.3 is 0 Å². The van der Waals surface area contributed by atoms with Crippen LogP contribution in [0.15, 0.2) is 60.8 Å². The molecule has 0 aliphatic heterocycles. The lowest BCUT2D eigenvalue weighted by Crippen LogP contribution is -2.05. The van der Waals surface area contributed by atoms with E-state index in [0.717, 1.165) is 12.1 Å². The van der Waals surface area contributed by atoms with Gasteiger partial charge in [0, 0.05) is 17.7 Å². The molecule has 0 aliphatic carbocycles. The zero-order valence-corrected chi connectivity index (χ0v) is 12.1. The Kier molecular flexibility index (Phi) is 3.80. The fourth-order valence-corrected chi connectivity index (χ4v) is 2.27. The van der Waals surface area contributed by atoms with Crippen molar-refractivity contribution in [3.05, 3.63) is 76.5 Å². The van der Waals surface area contributed by atoms with Gasteiger partial charge in [-0.05, 0) is 42.5 Å². The van der Waals surface area contributed by atoms with E-state index >= 15 is 0 Å². The molecule has 2 aromatic carbocycles. The lowest BCUT2D eigenvalue weighted by Gasteiger charge is -2.10. The summed E-state index contributed by atoms with van der Waals surface area (Å²) in [5, 5.41) is 14.8. The van der Waals surface area contributed by atoms with Gasteiger partial charge in [0.15, 0.2) is 0 Å². The predicted molar refractivity (Wildman–Crippen MR) is 80.7 cm³/mol. The number of benzene rings is 2. The molecule has 0 bridgehead atoms. The van der Waals surface area contributed by atoms with Crippen LogP contribution in [-0.4, -0.2) is 14.7 Å². The predicted octanol–water partition coefficient (Wildman–Crippen LogP) is 4.47. The van der Waals surface area contributed by atoms with Gasteiger partial charge in [-0.25, -0.2) is 4.68 Å². The van der Waals surface area contributed by atoms with Gasteiger partial charge in [0.1, 0.15) is 0 Å². The third kappa shape index (κ3) is 2.98. The van der Waals surface area contributed by atoms with E-state index in [1.165, 1.54) is 35.1 Å². The zero-order valence-electron chi connectivity index (χ0n) is 12.1. The summed E-state index contributed by atoms with van der Waals surface area (Å²) in [6.07, 6.45) is -2.89. The summed E-state index contributed by atoms with van der Waals surface area (Å²) >= 11 is 0. The normalized spacial score (nSPS) is 11.5. The number of rotatable bonds is 3. The van der Waals surface area contributed by atoms with Crippen molar-refractivity contribution in [2.45, 2.75) is 6.18 Å². The molecule has 122 valence electrons. The lowest BCUT2D eigenvalue weighted by molar-refractivity contribution is -0.384.